The van der Waals surface area contributed by atoms with Crippen molar-refractivity contribution in [3.8, 4) is 11.5 Å². The van der Waals surface area contributed by atoms with E-state index < -0.39 is 5.79 Å². The summed E-state index contributed by atoms with van der Waals surface area (Å²) < 4.78 is 11.4. The van der Waals surface area contributed by atoms with E-state index in [9.17, 15) is 0 Å². The second kappa shape index (κ2) is 2.92. The smallest absolute Gasteiger partial charge is 0.246 e. The third-order valence-electron chi connectivity index (χ3n) is 3.48. The van der Waals surface area contributed by atoms with Crippen LogP contribution in [0.15, 0.2) is 18.2 Å². The van der Waals surface area contributed by atoms with Crippen LogP contribution in [0.2, 0.25) is 0 Å². The molecular weight excluding hydrogens is 202 g/mol. The van der Waals surface area contributed by atoms with Gasteiger partial charge in [-0.2, -0.15) is 0 Å². The molecule has 0 unspecified atom stereocenters. The Bertz CT molecular complexity index is 436. The first-order valence-electron chi connectivity index (χ1n) is 5.80. The van der Waals surface area contributed by atoms with Crippen molar-refractivity contribution in [3.05, 3.63) is 23.8 Å². The van der Waals surface area contributed by atoms with Gasteiger partial charge in [0.1, 0.15) is 0 Å². The number of nitrogens with two attached hydrogens (primary N) is 1. The molecule has 0 atom stereocenters. The molecule has 3 nitrogen and oxygen atoms in total. The van der Waals surface area contributed by atoms with Crippen LogP contribution in [0, 0.1) is 0 Å². The summed E-state index contributed by atoms with van der Waals surface area (Å²) >= 11 is 0. The lowest BCUT2D eigenvalue weighted by Gasteiger charge is -2.38. The first-order valence-corrected chi connectivity index (χ1v) is 5.80. The number of benzene rings is 1. The van der Waals surface area contributed by atoms with Crippen LogP contribution in [-0.4, -0.2) is 5.79 Å². The number of ether oxygens (including phenoxy) is 2. The zero-order chi connectivity index (χ0) is 11.4. The van der Waals surface area contributed by atoms with Crippen molar-refractivity contribution >= 4 is 0 Å². The molecule has 3 rings (SSSR count). The quantitative estimate of drug-likeness (QED) is 0.789. The van der Waals surface area contributed by atoms with Gasteiger partial charge in [0.15, 0.2) is 11.5 Å². The van der Waals surface area contributed by atoms with Gasteiger partial charge in [0.2, 0.25) is 5.79 Å². The van der Waals surface area contributed by atoms with Gasteiger partial charge in [0.05, 0.1) is 0 Å². The van der Waals surface area contributed by atoms with Crippen LogP contribution in [0.5, 0.6) is 11.5 Å². The van der Waals surface area contributed by atoms with Gasteiger partial charge >= 0.3 is 0 Å². The molecule has 86 valence electrons. The topological polar surface area (TPSA) is 44.5 Å². The molecule has 1 aliphatic heterocycles. The molecule has 0 amide bonds. The third-order valence-corrected chi connectivity index (χ3v) is 3.48. The van der Waals surface area contributed by atoms with E-state index in [0.29, 0.717) is 0 Å². The van der Waals surface area contributed by atoms with Crippen LogP contribution in [0.4, 0.5) is 0 Å². The minimum absolute atomic E-state index is 0.134. The molecule has 0 aromatic heterocycles. The molecule has 2 aliphatic rings. The monoisotopic (exact) mass is 219 g/mol. The predicted molar refractivity (Wildman–Crippen MR) is 61.5 cm³/mol. The normalized spacial score (nSPS) is 23.9. The third kappa shape index (κ3) is 1.39. The Labute approximate surface area is 95.5 Å². The molecule has 0 spiro atoms. The lowest BCUT2D eigenvalue weighted by molar-refractivity contribution is -0.0431. The molecule has 1 heterocycles. The molecule has 1 aromatic carbocycles. The van der Waals surface area contributed by atoms with Crippen LogP contribution in [0.1, 0.15) is 38.7 Å². The number of hydrogen-bond acceptors (Lipinski definition) is 3. The summed E-state index contributed by atoms with van der Waals surface area (Å²) in [5, 5.41) is 0. The molecule has 1 fully saturated rings. The highest BCUT2D eigenvalue weighted by Crippen LogP contribution is 2.45. The van der Waals surface area contributed by atoms with Crippen molar-refractivity contribution in [1.29, 1.82) is 0 Å². The van der Waals surface area contributed by atoms with Crippen molar-refractivity contribution in [1.82, 2.24) is 0 Å². The van der Waals surface area contributed by atoms with Crippen molar-refractivity contribution < 1.29 is 9.47 Å². The Morgan fingerprint density at radius 3 is 2.44 bits per heavy atom. The number of fused-ring (bicyclic) bond motifs is 1. The lowest BCUT2D eigenvalue weighted by Crippen LogP contribution is -2.43. The molecule has 3 heteroatoms. The minimum atomic E-state index is -0.553. The molecular formula is C13H17NO2. The van der Waals surface area contributed by atoms with Gasteiger partial charge in [-0.1, -0.05) is 6.07 Å². The molecule has 0 radical (unpaired) electrons. The second-order valence-electron chi connectivity index (χ2n) is 5.28. The Hall–Kier alpha value is -1.22. The lowest BCUT2D eigenvalue weighted by atomic mass is 9.73. The summed E-state index contributed by atoms with van der Waals surface area (Å²) in [5.74, 6) is 1.08. The Morgan fingerprint density at radius 2 is 1.81 bits per heavy atom. The molecule has 1 aliphatic carbocycles. The van der Waals surface area contributed by atoms with Crippen molar-refractivity contribution in [2.45, 2.75) is 44.4 Å². The fourth-order valence-electron chi connectivity index (χ4n) is 2.38. The van der Waals surface area contributed by atoms with Crippen molar-refractivity contribution in [3.63, 3.8) is 0 Å². The second-order valence-corrected chi connectivity index (χ2v) is 5.28. The van der Waals surface area contributed by atoms with Crippen LogP contribution in [0.3, 0.4) is 0 Å². The molecule has 0 bridgehead atoms. The zero-order valence-corrected chi connectivity index (χ0v) is 9.75. The van der Waals surface area contributed by atoms with Crippen LogP contribution >= 0.6 is 0 Å². The Morgan fingerprint density at radius 1 is 1.12 bits per heavy atom. The maximum atomic E-state index is 6.29. The average Bonchev–Trinajstić information content (AvgIpc) is 2.46. The van der Waals surface area contributed by atoms with E-state index in [1.54, 1.807) is 0 Å². The summed E-state index contributed by atoms with van der Waals surface area (Å²) in [6, 6.07) is 6.05. The van der Waals surface area contributed by atoms with Crippen molar-refractivity contribution in [2.75, 3.05) is 0 Å². The van der Waals surface area contributed by atoms with E-state index in [0.717, 1.165) is 24.3 Å². The van der Waals surface area contributed by atoms with E-state index in [1.807, 2.05) is 26.0 Å². The van der Waals surface area contributed by atoms with E-state index in [-0.39, 0.29) is 5.54 Å². The van der Waals surface area contributed by atoms with E-state index in [1.165, 1.54) is 12.0 Å². The van der Waals surface area contributed by atoms with Crippen molar-refractivity contribution in [2.24, 2.45) is 5.73 Å². The van der Waals surface area contributed by atoms with E-state index >= 15 is 0 Å². The van der Waals surface area contributed by atoms with Gasteiger partial charge in [0, 0.05) is 19.4 Å². The largest absolute Gasteiger partial charge is 0.449 e. The Balaban J connectivity index is 1.96. The molecule has 1 aromatic rings. The summed E-state index contributed by atoms with van der Waals surface area (Å²) in [6.07, 6.45) is 3.35. The van der Waals surface area contributed by atoms with Gasteiger partial charge in [-0.25, -0.2) is 0 Å². The molecule has 1 saturated carbocycles. The summed E-state index contributed by atoms with van der Waals surface area (Å²) in [4.78, 5) is 0. The first kappa shape index (κ1) is 9.97. The number of hydrogen-bond donors (Lipinski definition) is 1. The minimum Gasteiger partial charge on any atom is -0.449 e. The van der Waals surface area contributed by atoms with Gasteiger partial charge < -0.3 is 15.2 Å². The summed E-state index contributed by atoms with van der Waals surface area (Å²) in [7, 11) is 0. The predicted octanol–water partition coefficient (Wildman–Crippen LogP) is 2.53. The zero-order valence-electron chi connectivity index (χ0n) is 9.75. The van der Waals surface area contributed by atoms with E-state index in [2.05, 4.69) is 6.07 Å². The standard InChI is InChI=1S/C13H17NO2/c1-12(2)15-10-5-4-9(8-11(10)16-12)13(14)6-3-7-13/h4-5,8H,3,6-7,14H2,1-2H3. The van der Waals surface area contributed by atoms with Crippen LogP contribution in [0.25, 0.3) is 0 Å². The highest BCUT2D eigenvalue weighted by molar-refractivity contribution is 5.47. The maximum absolute atomic E-state index is 6.29. The summed E-state index contributed by atoms with van der Waals surface area (Å²) in [6.45, 7) is 3.82. The highest BCUT2D eigenvalue weighted by Gasteiger charge is 2.37. The van der Waals surface area contributed by atoms with Crippen LogP contribution in [-0.2, 0) is 5.54 Å². The van der Waals surface area contributed by atoms with Crippen LogP contribution < -0.4 is 15.2 Å². The van der Waals surface area contributed by atoms with Gasteiger partial charge in [-0.3, -0.25) is 0 Å². The Kier molecular flexibility index (Phi) is 1.82. The fourth-order valence-corrected chi connectivity index (χ4v) is 2.38. The number of rotatable bonds is 1. The molecule has 16 heavy (non-hydrogen) atoms. The fraction of sp³-hybridized carbons (Fsp3) is 0.538. The highest BCUT2D eigenvalue weighted by atomic mass is 16.7. The maximum Gasteiger partial charge on any atom is 0.246 e. The van der Waals surface area contributed by atoms with Gasteiger partial charge in [0.25, 0.3) is 0 Å². The van der Waals surface area contributed by atoms with Gasteiger partial charge in [-0.15, -0.1) is 0 Å². The summed E-state index contributed by atoms with van der Waals surface area (Å²) in [5.41, 5.74) is 7.32. The molecule has 0 saturated heterocycles. The average molecular weight is 219 g/mol. The van der Waals surface area contributed by atoms with Gasteiger partial charge in [-0.05, 0) is 37.0 Å². The van der Waals surface area contributed by atoms with E-state index in [4.69, 9.17) is 15.2 Å². The molecule has 2 N–H and O–H groups in total. The SMILES string of the molecule is CC1(C)Oc2ccc(C3(N)CCC3)cc2O1. The first-order chi connectivity index (χ1) is 7.49.